The van der Waals surface area contributed by atoms with Gasteiger partial charge < -0.3 is 19.0 Å². The van der Waals surface area contributed by atoms with Crippen molar-refractivity contribution in [2.24, 2.45) is 0 Å². The molecule has 4 aromatic rings. The molecule has 0 aliphatic rings. The number of nitrogens with one attached hydrogen (secondary N) is 1. The molecule has 0 spiro atoms. The minimum atomic E-state index is -0.188. The SMILES string of the molecule is Cc1cc(-c2cc(C(=O)NCCCOCCc3ccccc3)c3c(C)noc3n2)c(C)o1. The van der Waals surface area contributed by atoms with Crippen molar-refractivity contribution in [3.8, 4) is 11.3 Å². The zero-order valence-electron chi connectivity index (χ0n) is 18.6. The van der Waals surface area contributed by atoms with Crippen molar-refractivity contribution in [2.75, 3.05) is 19.8 Å². The van der Waals surface area contributed by atoms with Gasteiger partial charge in [0.05, 0.1) is 28.9 Å². The fraction of sp³-hybridized carbons (Fsp3) is 0.320. The molecule has 0 bridgehead atoms. The Kier molecular flexibility index (Phi) is 6.66. The molecule has 32 heavy (non-hydrogen) atoms. The molecule has 1 aromatic carbocycles. The Morgan fingerprint density at radius 1 is 1.09 bits per heavy atom. The van der Waals surface area contributed by atoms with Crippen molar-refractivity contribution in [1.82, 2.24) is 15.5 Å². The van der Waals surface area contributed by atoms with E-state index in [1.807, 2.05) is 38.1 Å². The summed E-state index contributed by atoms with van der Waals surface area (Å²) in [6.07, 6.45) is 1.61. The molecule has 1 amide bonds. The minimum Gasteiger partial charge on any atom is -0.466 e. The second-order valence-electron chi connectivity index (χ2n) is 7.79. The number of carbonyl (C=O) groups is 1. The van der Waals surface area contributed by atoms with E-state index in [2.05, 4.69) is 27.6 Å². The number of amides is 1. The van der Waals surface area contributed by atoms with Crippen LogP contribution in [-0.2, 0) is 11.2 Å². The van der Waals surface area contributed by atoms with Gasteiger partial charge in [0, 0.05) is 18.7 Å². The van der Waals surface area contributed by atoms with E-state index in [0.717, 1.165) is 29.9 Å². The van der Waals surface area contributed by atoms with Gasteiger partial charge >= 0.3 is 0 Å². The lowest BCUT2D eigenvalue weighted by Crippen LogP contribution is -2.25. The van der Waals surface area contributed by atoms with E-state index in [4.69, 9.17) is 13.7 Å². The number of aryl methyl sites for hydroxylation is 3. The Balaban J connectivity index is 1.37. The number of aromatic nitrogens is 2. The molecule has 0 saturated heterocycles. The molecule has 0 fully saturated rings. The lowest BCUT2D eigenvalue weighted by molar-refractivity contribution is 0.0943. The first kappa shape index (κ1) is 21.8. The van der Waals surface area contributed by atoms with Gasteiger partial charge in [0.1, 0.15) is 11.5 Å². The monoisotopic (exact) mass is 433 g/mol. The third-order valence-corrected chi connectivity index (χ3v) is 5.31. The summed E-state index contributed by atoms with van der Waals surface area (Å²) in [4.78, 5) is 17.5. The number of benzene rings is 1. The first-order valence-electron chi connectivity index (χ1n) is 10.8. The molecular formula is C25H27N3O4. The highest BCUT2D eigenvalue weighted by molar-refractivity contribution is 6.07. The summed E-state index contributed by atoms with van der Waals surface area (Å²) in [5, 5.41) is 7.60. The minimum absolute atomic E-state index is 0.188. The molecule has 7 heteroatoms. The van der Waals surface area contributed by atoms with Crippen LogP contribution in [0.3, 0.4) is 0 Å². The Hall–Kier alpha value is -3.45. The first-order valence-corrected chi connectivity index (χ1v) is 10.8. The number of nitrogens with zero attached hydrogens (tertiary/aromatic N) is 2. The summed E-state index contributed by atoms with van der Waals surface area (Å²) in [5.41, 5.74) is 4.18. The summed E-state index contributed by atoms with van der Waals surface area (Å²) >= 11 is 0. The third kappa shape index (κ3) is 4.89. The molecule has 0 saturated carbocycles. The van der Waals surface area contributed by atoms with Gasteiger partial charge in [-0.15, -0.1) is 0 Å². The van der Waals surface area contributed by atoms with Gasteiger partial charge in [-0.1, -0.05) is 35.5 Å². The average molecular weight is 434 g/mol. The Morgan fingerprint density at radius 2 is 1.91 bits per heavy atom. The number of ether oxygens (including phenoxy) is 1. The number of pyridine rings is 1. The van der Waals surface area contributed by atoms with Gasteiger partial charge in [0.25, 0.3) is 11.6 Å². The van der Waals surface area contributed by atoms with Crippen molar-refractivity contribution in [3.63, 3.8) is 0 Å². The van der Waals surface area contributed by atoms with Crippen molar-refractivity contribution in [3.05, 3.63) is 70.8 Å². The predicted molar refractivity (Wildman–Crippen MR) is 122 cm³/mol. The first-order chi connectivity index (χ1) is 15.5. The molecule has 0 aliphatic carbocycles. The number of furan rings is 1. The molecule has 166 valence electrons. The van der Waals surface area contributed by atoms with E-state index >= 15 is 0 Å². The molecule has 3 aromatic heterocycles. The maximum absolute atomic E-state index is 13.0. The van der Waals surface area contributed by atoms with Crippen LogP contribution in [0.1, 0.15) is 39.6 Å². The lowest BCUT2D eigenvalue weighted by Gasteiger charge is -2.09. The van der Waals surface area contributed by atoms with Crippen LogP contribution >= 0.6 is 0 Å². The summed E-state index contributed by atoms with van der Waals surface area (Å²) in [6.45, 7) is 7.31. The standard InChI is InChI=1S/C25H27N3O4/c1-16-14-20(18(3)31-16)22-15-21(23-17(2)28-32-25(23)27-22)24(29)26-11-7-12-30-13-10-19-8-5-4-6-9-19/h4-6,8-9,14-15H,7,10-13H2,1-3H3,(H,26,29). The number of fused-ring (bicyclic) bond motifs is 1. The molecule has 0 aliphatic heterocycles. The summed E-state index contributed by atoms with van der Waals surface area (Å²) in [6, 6.07) is 13.9. The number of hydrogen-bond acceptors (Lipinski definition) is 6. The molecule has 4 rings (SSSR count). The Labute approximate surface area is 186 Å². The molecule has 0 atom stereocenters. The van der Waals surface area contributed by atoms with Gasteiger partial charge in [0.2, 0.25) is 0 Å². The van der Waals surface area contributed by atoms with Crippen molar-refractivity contribution in [1.29, 1.82) is 0 Å². The number of carbonyl (C=O) groups excluding carboxylic acids is 1. The smallest absolute Gasteiger partial charge is 0.259 e. The van der Waals surface area contributed by atoms with E-state index in [9.17, 15) is 4.79 Å². The topological polar surface area (TPSA) is 90.4 Å². The molecule has 1 N–H and O–H groups in total. The van der Waals surface area contributed by atoms with Gasteiger partial charge in [0.15, 0.2) is 0 Å². The van der Waals surface area contributed by atoms with Crippen molar-refractivity contribution < 1.29 is 18.5 Å². The van der Waals surface area contributed by atoms with E-state index in [-0.39, 0.29) is 5.91 Å². The summed E-state index contributed by atoms with van der Waals surface area (Å²) in [5.74, 6) is 1.34. The highest BCUT2D eigenvalue weighted by Gasteiger charge is 2.20. The quantitative estimate of drug-likeness (QED) is 0.382. The highest BCUT2D eigenvalue weighted by atomic mass is 16.5. The predicted octanol–water partition coefficient (Wildman–Crippen LogP) is 4.79. The maximum Gasteiger partial charge on any atom is 0.259 e. The van der Waals surface area contributed by atoms with E-state index in [0.29, 0.717) is 47.8 Å². The Bertz CT molecular complexity index is 1210. The van der Waals surface area contributed by atoms with Crippen molar-refractivity contribution >= 4 is 17.0 Å². The van der Waals surface area contributed by atoms with E-state index in [1.54, 1.807) is 13.0 Å². The summed E-state index contributed by atoms with van der Waals surface area (Å²) in [7, 11) is 0. The second kappa shape index (κ2) is 9.78. The third-order valence-electron chi connectivity index (χ3n) is 5.31. The van der Waals surface area contributed by atoms with Crippen LogP contribution in [0.2, 0.25) is 0 Å². The van der Waals surface area contributed by atoms with Gasteiger partial charge in [-0.2, -0.15) is 0 Å². The van der Waals surface area contributed by atoms with E-state index in [1.165, 1.54) is 5.56 Å². The zero-order chi connectivity index (χ0) is 22.5. The van der Waals surface area contributed by atoms with Crippen molar-refractivity contribution in [2.45, 2.75) is 33.6 Å². The van der Waals surface area contributed by atoms with E-state index < -0.39 is 0 Å². The lowest BCUT2D eigenvalue weighted by atomic mass is 10.1. The largest absolute Gasteiger partial charge is 0.466 e. The number of hydrogen-bond donors (Lipinski definition) is 1. The molecule has 7 nitrogen and oxygen atoms in total. The fourth-order valence-corrected chi connectivity index (χ4v) is 3.71. The second-order valence-corrected chi connectivity index (χ2v) is 7.79. The molecule has 0 unspecified atom stereocenters. The van der Waals surface area contributed by atoms with Gasteiger partial charge in [-0.25, -0.2) is 4.98 Å². The van der Waals surface area contributed by atoms with Crippen LogP contribution in [-0.4, -0.2) is 35.8 Å². The summed E-state index contributed by atoms with van der Waals surface area (Å²) < 4.78 is 16.7. The Morgan fingerprint density at radius 3 is 2.66 bits per heavy atom. The molecule has 0 radical (unpaired) electrons. The van der Waals surface area contributed by atoms with Crippen LogP contribution in [0, 0.1) is 20.8 Å². The van der Waals surface area contributed by atoms with Crippen LogP contribution in [0.15, 0.2) is 51.4 Å². The van der Waals surface area contributed by atoms with Crippen LogP contribution in [0.25, 0.3) is 22.4 Å². The number of rotatable bonds is 9. The van der Waals surface area contributed by atoms with Crippen LogP contribution < -0.4 is 5.32 Å². The fourth-order valence-electron chi connectivity index (χ4n) is 3.71. The normalized spacial score (nSPS) is 11.2. The average Bonchev–Trinajstić information content (AvgIpc) is 3.34. The maximum atomic E-state index is 13.0. The molecule has 3 heterocycles. The van der Waals surface area contributed by atoms with Crippen LogP contribution in [0.4, 0.5) is 0 Å². The zero-order valence-corrected chi connectivity index (χ0v) is 18.6. The van der Waals surface area contributed by atoms with Gasteiger partial charge in [-0.05, 0) is 51.3 Å². The van der Waals surface area contributed by atoms with Gasteiger partial charge in [-0.3, -0.25) is 4.79 Å². The van der Waals surface area contributed by atoms with Crippen LogP contribution in [0.5, 0.6) is 0 Å². The molecular weight excluding hydrogens is 406 g/mol. The highest BCUT2D eigenvalue weighted by Crippen LogP contribution is 2.30.